The Bertz CT molecular complexity index is 808. The highest BCUT2D eigenvalue weighted by Gasteiger charge is 2.71. The summed E-state index contributed by atoms with van der Waals surface area (Å²) in [5.41, 5.74) is -6.40. The van der Waals surface area contributed by atoms with Crippen molar-refractivity contribution < 1.29 is 50.9 Å². The van der Waals surface area contributed by atoms with Crippen molar-refractivity contribution in [1.82, 2.24) is 4.90 Å². The Hall–Kier alpha value is -2.54. The van der Waals surface area contributed by atoms with Gasteiger partial charge in [-0.1, -0.05) is 25.0 Å². The molecular formula is C21H26F6N2O5. The van der Waals surface area contributed by atoms with Crippen LogP contribution in [0.15, 0.2) is 24.3 Å². The number of nitrogens with zero attached hydrogens (tertiary/aromatic N) is 2. The van der Waals surface area contributed by atoms with E-state index in [1.807, 2.05) is 0 Å². The fraction of sp³-hybridized carbons (Fsp3) is 0.619. The minimum absolute atomic E-state index is 0.000788. The van der Waals surface area contributed by atoms with Gasteiger partial charge < -0.3 is 19.8 Å². The van der Waals surface area contributed by atoms with Crippen molar-refractivity contribution in [1.29, 1.82) is 0 Å². The molecule has 1 aliphatic heterocycles. The number of morpholine rings is 1. The van der Waals surface area contributed by atoms with Gasteiger partial charge >= 0.3 is 24.4 Å². The molecule has 0 aliphatic carbocycles. The number of unbranched alkanes of at least 4 members (excludes halogenated alkanes) is 3. The van der Waals surface area contributed by atoms with Crippen LogP contribution in [0.4, 0.5) is 36.8 Å². The van der Waals surface area contributed by atoms with Gasteiger partial charge in [0.2, 0.25) is 0 Å². The molecule has 1 heterocycles. The van der Waals surface area contributed by atoms with Gasteiger partial charge in [-0.2, -0.15) is 26.3 Å². The Morgan fingerprint density at radius 3 is 1.94 bits per heavy atom. The van der Waals surface area contributed by atoms with Gasteiger partial charge in [0, 0.05) is 37.3 Å². The van der Waals surface area contributed by atoms with E-state index in [0.29, 0.717) is 37.8 Å². The molecule has 0 unspecified atom stereocenters. The Morgan fingerprint density at radius 1 is 0.912 bits per heavy atom. The average molecular weight is 500 g/mol. The van der Waals surface area contributed by atoms with E-state index in [0.717, 1.165) is 12.1 Å². The predicted octanol–water partition coefficient (Wildman–Crippen LogP) is 4.29. The van der Waals surface area contributed by atoms with Gasteiger partial charge in [-0.25, -0.2) is 4.79 Å². The number of carboxylic acid groups (broad SMARTS) is 1. The molecular weight excluding hydrogens is 474 g/mol. The standard InChI is InChI=1S/C21H26F6N2O5/c22-20(23,24)19(33,21(25,26)27)15-6-8-16(9-7-15)29(10-4-2-1-3-5-17(30)31)18(32)28-11-13-34-14-12-28/h6-9,33H,1-5,10-14H2,(H,30,31). The molecule has 13 heteroatoms. The first-order valence-electron chi connectivity index (χ1n) is 10.6. The maximum absolute atomic E-state index is 13.1. The van der Waals surface area contributed by atoms with Crippen molar-refractivity contribution >= 4 is 17.7 Å². The first-order valence-corrected chi connectivity index (χ1v) is 10.6. The van der Waals surface area contributed by atoms with E-state index in [1.54, 1.807) is 0 Å². The number of anilines is 1. The minimum atomic E-state index is -6.01. The summed E-state index contributed by atoms with van der Waals surface area (Å²) >= 11 is 0. The second-order valence-corrected chi connectivity index (χ2v) is 7.84. The summed E-state index contributed by atoms with van der Waals surface area (Å²) in [6, 6.07) is 2.38. The monoisotopic (exact) mass is 500 g/mol. The van der Waals surface area contributed by atoms with Crippen LogP contribution >= 0.6 is 0 Å². The van der Waals surface area contributed by atoms with Crippen LogP contribution in [0.25, 0.3) is 0 Å². The van der Waals surface area contributed by atoms with Gasteiger partial charge in [0.05, 0.1) is 13.2 Å². The molecule has 0 radical (unpaired) electrons. The number of carbonyl (C=O) groups is 2. The molecule has 1 aliphatic rings. The summed E-state index contributed by atoms with van der Waals surface area (Å²) in [6.07, 6.45) is -9.99. The molecule has 1 aromatic carbocycles. The molecule has 2 rings (SSSR count). The summed E-state index contributed by atoms with van der Waals surface area (Å²) in [7, 11) is 0. The number of carbonyl (C=O) groups excluding carboxylic acids is 1. The van der Waals surface area contributed by atoms with E-state index >= 15 is 0 Å². The highest BCUT2D eigenvalue weighted by atomic mass is 19.4. The molecule has 2 amide bonds. The number of rotatable bonds is 9. The molecule has 1 saturated heterocycles. The lowest BCUT2D eigenvalue weighted by atomic mass is 9.92. The summed E-state index contributed by atoms with van der Waals surface area (Å²) in [6.45, 7) is 1.24. The first kappa shape index (κ1) is 27.7. The van der Waals surface area contributed by atoms with Crippen molar-refractivity contribution in [2.24, 2.45) is 0 Å². The third kappa shape index (κ3) is 6.53. The first-order chi connectivity index (χ1) is 15.8. The second-order valence-electron chi connectivity index (χ2n) is 7.84. The molecule has 1 fully saturated rings. The largest absolute Gasteiger partial charge is 0.481 e. The summed E-state index contributed by atoms with van der Waals surface area (Å²) in [5.74, 6) is -0.929. The zero-order valence-corrected chi connectivity index (χ0v) is 18.2. The molecule has 0 bridgehead atoms. The van der Waals surface area contributed by atoms with E-state index in [2.05, 4.69) is 0 Å². The smallest absolute Gasteiger partial charge is 0.430 e. The van der Waals surface area contributed by atoms with Gasteiger partial charge in [0.1, 0.15) is 0 Å². The molecule has 34 heavy (non-hydrogen) atoms. The van der Waals surface area contributed by atoms with Gasteiger partial charge in [0.15, 0.2) is 0 Å². The minimum Gasteiger partial charge on any atom is -0.481 e. The number of urea groups is 1. The van der Waals surface area contributed by atoms with E-state index < -0.39 is 35.5 Å². The van der Waals surface area contributed by atoms with Crippen LogP contribution in [-0.4, -0.2) is 72.3 Å². The van der Waals surface area contributed by atoms with Crippen molar-refractivity contribution in [3.05, 3.63) is 29.8 Å². The summed E-state index contributed by atoms with van der Waals surface area (Å²) in [5, 5.41) is 18.2. The van der Waals surface area contributed by atoms with E-state index in [9.17, 15) is 41.0 Å². The molecule has 1 aromatic rings. The van der Waals surface area contributed by atoms with Crippen LogP contribution in [0, 0.1) is 0 Å². The maximum Gasteiger partial charge on any atom is 0.430 e. The van der Waals surface area contributed by atoms with E-state index in [-0.39, 0.29) is 45.0 Å². The second kappa shape index (κ2) is 11.3. The number of aliphatic hydroxyl groups is 1. The fourth-order valence-electron chi connectivity index (χ4n) is 3.53. The number of halogens is 6. The third-order valence-electron chi connectivity index (χ3n) is 5.45. The van der Waals surface area contributed by atoms with E-state index in [4.69, 9.17) is 9.84 Å². The van der Waals surface area contributed by atoms with Gasteiger partial charge in [-0.3, -0.25) is 9.69 Å². The number of aliphatic carboxylic acids is 1. The zero-order chi connectivity index (χ0) is 25.6. The van der Waals surface area contributed by atoms with Crippen molar-refractivity contribution in [3.63, 3.8) is 0 Å². The quantitative estimate of drug-likeness (QED) is 0.390. The van der Waals surface area contributed by atoms with Gasteiger partial charge in [-0.15, -0.1) is 0 Å². The lowest BCUT2D eigenvalue weighted by Gasteiger charge is -2.34. The number of carboxylic acids is 1. The van der Waals surface area contributed by atoms with Crippen LogP contribution < -0.4 is 4.90 Å². The number of alkyl halides is 6. The number of ether oxygens (including phenoxy) is 1. The maximum atomic E-state index is 13.1. The fourth-order valence-corrected chi connectivity index (χ4v) is 3.53. The number of amides is 2. The van der Waals surface area contributed by atoms with Gasteiger partial charge in [0.25, 0.3) is 5.60 Å². The lowest BCUT2D eigenvalue weighted by Crippen LogP contribution is -2.54. The van der Waals surface area contributed by atoms with Crippen molar-refractivity contribution in [2.75, 3.05) is 37.7 Å². The lowest BCUT2D eigenvalue weighted by molar-refractivity contribution is -0.376. The third-order valence-corrected chi connectivity index (χ3v) is 5.45. The highest BCUT2D eigenvalue weighted by molar-refractivity contribution is 5.92. The number of benzene rings is 1. The molecule has 0 saturated carbocycles. The molecule has 192 valence electrons. The van der Waals surface area contributed by atoms with Crippen molar-refractivity contribution in [3.8, 4) is 0 Å². The Kier molecular flexibility index (Phi) is 9.17. The van der Waals surface area contributed by atoms with Crippen molar-refractivity contribution in [2.45, 2.75) is 50.1 Å². The van der Waals surface area contributed by atoms with Gasteiger partial charge in [-0.05, 0) is 25.0 Å². The van der Waals surface area contributed by atoms with Crippen LogP contribution in [-0.2, 0) is 15.1 Å². The van der Waals surface area contributed by atoms with Crippen LogP contribution in [0.1, 0.15) is 37.7 Å². The molecule has 0 atom stereocenters. The Balaban J connectivity index is 2.23. The molecule has 0 aromatic heterocycles. The normalized spacial score (nSPS) is 15.3. The Labute approximate surface area is 191 Å². The van der Waals surface area contributed by atoms with E-state index in [1.165, 1.54) is 9.80 Å². The van der Waals surface area contributed by atoms with Crippen LogP contribution in [0.3, 0.4) is 0 Å². The number of hydrogen-bond donors (Lipinski definition) is 2. The molecule has 2 N–H and O–H groups in total. The molecule has 0 spiro atoms. The predicted molar refractivity (Wildman–Crippen MR) is 108 cm³/mol. The summed E-state index contributed by atoms with van der Waals surface area (Å²) < 4.78 is 84.1. The highest BCUT2D eigenvalue weighted by Crippen LogP contribution is 2.50. The van der Waals surface area contributed by atoms with Crippen LogP contribution in [0.5, 0.6) is 0 Å². The molecule has 7 nitrogen and oxygen atoms in total. The zero-order valence-electron chi connectivity index (χ0n) is 18.2. The topological polar surface area (TPSA) is 90.3 Å². The number of hydrogen-bond acceptors (Lipinski definition) is 4. The SMILES string of the molecule is O=C(O)CCCCCCN(C(=O)N1CCOCC1)c1ccc(C(O)(C(F)(F)F)C(F)(F)F)cc1. The van der Waals surface area contributed by atoms with Crippen LogP contribution in [0.2, 0.25) is 0 Å². The Morgan fingerprint density at radius 2 is 1.44 bits per heavy atom. The average Bonchev–Trinajstić information content (AvgIpc) is 2.76. The summed E-state index contributed by atoms with van der Waals surface area (Å²) in [4.78, 5) is 26.3.